The van der Waals surface area contributed by atoms with E-state index >= 15 is 0 Å². The van der Waals surface area contributed by atoms with Gasteiger partial charge in [-0.25, -0.2) is 8.78 Å². The summed E-state index contributed by atoms with van der Waals surface area (Å²) in [5, 5.41) is 9.77. The van der Waals surface area contributed by atoms with E-state index in [4.69, 9.17) is 4.74 Å². The molecule has 0 aliphatic carbocycles. The molecule has 0 aliphatic rings. The van der Waals surface area contributed by atoms with Gasteiger partial charge in [0.25, 0.3) is 5.91 Å². The van der Waals surface area contributed by atoms with Crippen LogP contribution in [0.4, 0.5) is 8.78 Å². The quantitative estimate of drug-likeness (QED) is 0.925. The van der Waals surface area contributed by atoms with E-state index < -0.39 is 17.5 Å². The lowest BCUT2D eigenvalue weighted by atomic mass is 10.2. The molecular weight excluding hydrogens is 268 g/mol. The Morgan fingerprint density at radius 3 is 2.65 bits per heavy atom. The average molecular weight is 279 g/mol. The molecule has 2 aromatic rings. The zero-order valence-corrected chi connectivity index (χ0v) is 10.6. The summed E-state index contributed by atoms with van der Waals surface area (Å²) in [6, 6.07) is 6.07. The Kier molecular flexibility index (Phi) is 4.19. The van der Waals surface area contributed by atoms with Crippen molar-refractivity contribution in [1.82, 2.24) is 15.5 Å². The van der Waals surface area contributed by atoms with Crippen LogP contribution in [0.5, 0.6) is 5.88 Å². The Bertz CT molecular complexity index is 618. The number of methoxy groups -OCH3 is 1. The predicted octanol–water partition coefficient (Wildman–Crippen LogP) is 1.69. The molecule has 1 aromatic carbocycles. The van der Waals surface area contributed by atoms with Crippen LogP contribution in [-0.2, 0) is 6.54 Å². The number of hydrogen-bond donors (Lipinski definition) is 1. The number of halogens is 2. The first-order valence-electron chi connectivity index (χ1n) is 5.70. The number of carbonyl (C=O) groups excluding carboxylic acids is 1. The van der Waals surface area contributed by atoms with Crippen molar-refractivity contribution >= 4 is 5.91 Å². The van der Waals surface area contributed by atoms with Crippen LogP contribution in [-0.4, -0.2) is 23.2 Å². The number of nitrogens with one attached hydrogen (secondary N) is 1. The van der Waals surface area contributed by atoms with Crippen molar-refractivity contribution in [2.45, 2.75) is 6.54 Å². The molecule has 5 nitrogen and oxygen atoms in total. The van der Waals surface area contributed by atoms with E-state index in [2.05, 4.69) is 15.5 Å². The average Bonchev–Trinajstić information content (AvgIpc) is 2.46. The maximum absolute atomic E-state index is 13.4. The number of ether oxygens (including phenoxy) is 1. The highest BCUT2D eigenvalue weighted by Gasteiger charge is 2.10. The monoisotopic (exact) mass is 279 g/mol. The fraction of sp³-hybridized carbons (Fsp3) is 0.154. The van der Waals surface area contributed by atoms with Crippen molar-refractivity contribution in [3.63, 3.8) is 0 Å². The first-order valence-corrected chi connectivity index (χ1v) is 5.70. The summed E-state index contributed by atoms with van der Waals surface area (Å²) in [6.45, 7) is -0.0708. The molecule has 0 bridgehead atoms. The summed E-state index contributed by atoms with van der Waals surface area (Å²) >= 11 is 0. The van der Waals surface area contributed by atoms with Gasteiger partial charge in [0.05, 0.1) is 7.11 Å². The van der Waals surface area contributed by atoms with Gasteiger partial charge in [0.2, 0.25) is 5.88 Å². The molecule has 0 radical (unpaired) electrons. The van der Waals surface area contributed by atoms with E-state index in [9.17, 15) is 13.6 Å². The molecule has 0 aliphatic heterocycles. The van der Waals surface area contributed by atoms with Crippen LogP contribution in [0.1, 0.15) is 16.1 Å². The lowest BCUT2D eigenvalue weighted by Crippen LogP contribution is -2.24. The number of rotatable bonds is 4. The molecule has 104 valence electrons. The van der Waals surface area contributed by atoms with Crippen molar-refractivity contribution in [2.24, 2.45) is 0 Å². The topological polar surface area (TPSA) is 64.1 Å². The highest BCUT2D eigenvalue weighted by molar-refractivity contribution is 5.92. The Hall–Kier alpha value is -2.57. The molecule has 0 saturated carbocycles. The van der Waals surface area contributed by atoms with Gasteiger partial charge in [-0.1, -0.05) is 6.07 Å². The predicted molar refractivity (Wildman–Crippen MR) is 66.1 cm³/mol. The van der Waals surface area contributed by atoms with Gasteiger partial charge in [-0.3, -0.25) is 4.79 Å². The summed E-state index contributed by atoms with van der Waals surface area (Å²) in [5.74, 6) is -1.61. The third kappa shape index (κ3) is 3.25. The third-order valence-electron chi connectivity index (χ3n) is 2.54. The van der Waals surface area contributed by atoms with Crippen LogP contribution >= 0.6 is 0 Å². The van der Waals surface area contributed by atoms with Gasteiger partial charge >= 0.3 is 0 Å². The highest BCUT2D eigenvalue weighted by Crippen LogP contribution is 2.09. The summed E-state index contributed by atoms with van der Waals surface area (Å²) < 4.78 is 30.9. The van der Waals surface area contributed by atoms with E-state index in [1.165, 1.54) is 25.3 Å². The summed E-state index contributed by atoms with van der Waals surface area (Å²) in [4.78, 5) is 11.7. The summed E-state index contributed by atoms with van der Waals surface area (Å²) in [6.07, 6.45) is 0. The van der Waals surface area contributed by atoms with Crippen molar-refractivity contribution in [2.75, 3.05) is 7.11 Å². The molecule has 1 heterocycles. The number of aromatic nitrogens is 2. The normalized spacial score (nSPS) is 10.2. The highest BCUT2D eigenvalue weighted by atomic mass is 19.1. The van der Waals surface area contributed by atoms with E-state index in [0.29, 0.717) is 0 Å². The molecule has 1 amide bonds. The number of nitrogens with zero attached hydrogens (tertiary/aromatic N) is 2. The minimum Gasteiger partial charge on any atom is -0.480 e. The fourth-order valence-electron chi connectivity index (χ4n) is 1.48. The second-order valence-corrected chi connectivity index (χ2v) is 3.88. The Morgan fingerprint density at radius 1 is 1.25 bits per heavy atom. The Morgan fingerprint density at radius 2 is 2.05 bits per heavy atom. The molecule has 0 saturated heterocycles. The summed E-state index contributed by atoms with van der Waals surface area (Å²) in [5.41, 5.74) is 0.259. The van der Waals surface area contributed by atoms with Crippen molar-refractivity contribution in [3.05, 3.63) is 53.2 Å². The Labute approximate surface area is 113 Å². The van der Waals surface area contributed by atoms with E-state index in [0.717, 1.165) is 12.1 Å². The maximum Gasteiger partial charge on any atom is 0.272 e. The van der Waals surface area contributed by atoms with Crippen LogP contribution < -0.4 is 10.1 Å². The van der Waals surface area contributed by atoms with Crippen LogP contribution in [0.3, 0.4) is 0 Å². The second kappa shape index (κ2) is 6.05. The molecule has 0 fully saturated rings. The Balaban J connectivity index is 2.00. The largest absolute Gasteiger partial charge is 0.480 e. The molecule has 0 spiro atoms. The number of amides is 1. The number of carbonyl (C=O) groups is 1. The first kappa shape index (κ1) is 13.9. The van der Waals surface area contributed by atoms with E-state index in [-0.39, 0.29) is 23.7 Å². The zero-order valence-electron chi connectivity index (χ0n) is 10.6. The van der Waals surface area contributed by atoms with Gasteiger partial charge in [-0.15, -0.1) is 10.2 Å². The van der Waals surface area contributed by atoms with Crippen molar-refractivity contribution < 1.29 is 18.3 Å². The van der Waals surface area contributed by atoms with E-state index in [1.807, 2.05) is 0 Å². The van der Waals surface area contributed by atoms with Crippen LogP contribution in [0.2, 0.25) is 0 Å². The molecular formula is C13H11F2N3O2. The zero-order chi connectivity index (χ0) is 14.5. The van der Waals surface area contributed by atoms with Crippen LogP contribution in [0.15, 0.2) is 30.3 Å². The standard InChI is InChI=1S/C13H11F2N3O2/c1-20-12-5-4-11(17-18-12)13(19)16-7-8-2-3-9(14)6-10(8)15/h2-6H,7H2,1H3,(H,16,19). The lowest BCUT2D eigenvalue weighted by molar-refractivity contribution is 0.0944. The lowest BCUT2D eigenvalue weighted by Gasteiger charge is -2.06. The molecule has 7 heteroatoms. The van der Waals surface area contributed by atoms with Crippen molar-refractivity contribution in [1.29, 1.82) is 0 Å². The molecule has 0 unspecified atom stereocenters. The fourth-order valence-corrected chi connectivity index (χ4v) is 1.48. The maximum atomic E-state index is 13.4. The summed E-state index contributed by atoms with van der Waals surface area (Å²) in [7, 11) is 1.43. The SMILES string of the molecule is COc1ccc(C(=O)NCc2ccc(F)cc2F)nn1. The smallest absolute Gasteiger partial charge is 0.272 e. The third-order valence-corrected chi connectivity index (χ3v) is 2.54. The van der Waals surface area contributed by atoms with Crippen LogP contribution in [0.25, 0.3) is 0 Å². The molecule has 0 atom stereocenters. The van der Waals surface area contributed by atoms with E-state index in [1.54, 1.807) is 0 Å². The molecule has 1 N–H and O–H groups in total. The minimum atomic E-state index is -0.717. The van der Waals surface area contributed by atoms with Crippen LogP contribution in [0, 0.1) is 11.6 Å². The van der Waals surface area contributed by atoms with Gasteiger partial charge < -0.3 is 10.1 Å². The number of hydrogen-bond acceptors (Lipinski definition) is 4. The second-order valence-electron chi connectivity index (χ2n) is 3.88. The molecule has 20 heavy (non-hydrogen) atoms. The minimum absolute atomic E-state index is 0.0708. The number of benzene rings is 1. The molecule has 1 aromatic heterocycles. The van der Waals surface area contributed by atoms with Gasteiger partial charge in [0.1, 0.15) is 11.6 Å². The van der Waals surface area contributed by atoms with Gasteiger partial charge in [-0.05, 0) is 12.1 Å². The first-order chi connectivity index (χ1) is 9.60. The van der Waals surface area contributed by atoms with Gasteiger partial charge in [0.15, 0.2) is 5.69 Å². The van der Waals surface area contributed by atoms with Crippen molar-refractivity contribution in [3.8, 4) is 5.88 Å². The molecule has 2 rings (SSSR count). The van der Waals surface area contributed by atoms with Gasteiger partial charge in [-0.2, -0.15) is 0 Å². The van der Waals surface area contributed by atoms with Gasteiger partial charge in [0, 0.05) is 24.2 Å².